The first-order chi connectivity index (χ1) is 21.8. The third kappa shape index (κ3) is 12.0. The molecule has 1 saturated heterocycles. The lowest BCUT2D eigenvalue weighted by molar-refractivity contribution is -0.144. The Morgan fingerprint density at radius 3 is 2.35 bits per heavy atom. The fourth-order valence-corrected chi connectivity index (χ4v) is 4.84. The third-order valence-corrected chi connectivity index (χ3v) is 7.05. The van der Waals surface area contributed by atoms with E-state index in [0.29, 0.717) is 12.0 Å². The van der Waals surface area contributed by atoms with Crippen molar-refractivity contribution in [3.8, 4) is 0 Å². The van der Waals surface area contributed by atoms with Gasteiger partial charge in [-0.25, -0.2) is 0 Å². The molecule has 18 nitrogen and oxygen atoms in total. The second-order valence-corrected chi connectivity index (χ2v) is 11.0. The lowest BCUT2D eigenvalue weighted by atomic mass is 9.98. The Balaban J connectivity index is 2.50. The summed E-state index contributed by atoms with van der Waals surface area (Å²) >= 11 is 0. The van der Waals surface area contributed by atoms with E-state index in [0.717, 1.165) is 0 Å². The Bertz CT molecular complexity index is 1320. The normalized spacial score (nSPS) is 21.4. The van der Waals surface area contributed by atoms with Crippen LogP contribution in [-0.4, -0.2) is 97.3 Å². The largest absolute Gasteiger partial charge is 0.370 e. The molecule has 2 unspecified atom stereocenters. The molecule has 46 heavy (non-hydrogen) atoms. The van der Waals surface area contributed by atoms with Crippen molar-refractivity contribution in [1.82, 2.24) is 36.8 Å². The summed E-state index contributed by atoms with van der Waals surface area (Å²) < 4.78 is 0. The number of nitrogens with two attached hydrogens (primary N) is 1. The summed E-state index contributed by atoms with van der Waals surface area (Å²) in [5.74, 6) is -5.04. The van der Waals surface area contributed by atoms with Gasteiger partial charge in [-0.05, 0) is 29.9 Å². The minimum Gasteiger partial charge on any atom is -0.370 e. The molecule has 1 fully saturated rings. The van der Waals surface area contributed by atoms with Crippen molar-refractivity contribution in [3.05, 3.63) is 46.3 Å². The molecule has 2 rings (SSSR count). The van der Waals surface area contributed by atoms with Crippen LogP contribution in [0, 0.1) is 11.3 Å². The highest BCUT2D eigenvalue weighted by Crippen LogP contribution is 2.15. The topological polar surface area (TPSA) is 276 Å². The zero-order chi connectivity index (χ0) is 34.2. The van der Waals surface area contributed by atoms with Crippen LogP contribution in [0.3, 0.4) is 0 Å². The van der Waals surface area contributed by atoms with Crippen LogP contribution < -0.4 is 37.6 Å². The smallest absolute Gasteiger partial charge is 0.245 e. The van der Waals surface area contributed by atoms with E-state index in [1.54, 1.807) is 44.2 Å². The van der Waals surface area contributed by atoms with Crippen LogP contribution in [-0.2, 0) is 35.2 Å². The number of rotatable bonds is 11. The molecule has 4 atom stereocenters. The molecule has 0 bridgehead atoms. The zero-order valence-electron chi connectivity index (χ0n) is 26.0. The molecule has 1 aliphatic rings. The molecule has 1 aromatic carbocycles. The fraction of sp³-hybridized carbons (Fsp3) is 0.536. The molecule has 6 amide bonds. The van der Waals surface area contributed by atoms with Gasteiger partial charge < -0.3 is 42.5 Å². The maximum Gasteiger partial charge on any atom is 0.245 e. The molecule has 9 N–H and O–H groups in total. The van der Waals surface area contributed by atoms with Gasteiger partial charge in [0, 0.05) is 24.9 Å². The van der Waals surface area contributed by atoms with Crippen LogP contribution in [0.5, 0.6) is 0 Å². The van der Waals surface area contributed by atoms with Gasteiger partial charge >= 0.3 is 0 Å². The van der Waals surface area contributed by atoms with Gasteiger partial charge in [0.2, 0.25) is 35.4 Å². The number of guanidine groups is 1. The number of hydrogen-bond acceptors (Lipinski definition) is 8. The summed E-state index contributed by atoms with van der Waals surface area (Å²) in [5.41, 5.74) is 14.5. The van der Waals surface area contributed by atoms with E-state index in [1.165, 1.54) is 11.9 Å². The van der Waals surface area contributed by atoms with Crippen molar-refractivity contribution in [3.63, 3.8) is 0 Å². The van der Waals surface area contributed by atoms with E-state index in [4.69, 9.17) is 16.7 Å². The Labute approximate surface area is 266 Å². The first-order valence-electron chi connectivity index (χ1n) is 14.7. The maximum atomic E-state index is 14.0. The van der Waals surface area contributed by atoms with Gasteiger partial charge in [0.1, 0.15) is 24.2 Å². The van der Waals surface area contributed by atoms with Crippen molar-refractivity contribution >= 4 is 41.4 Å². The number of likely N-dealkylation sites (N-methyl/N-ethyl adjacent to an activating group) is 1. The van der Waals surface area contributed by atoms with Crippen molar-refractivity contribution in [1.29, 1.82) is 5.41 Å². The van der Waals surface area contributed by atoms with Crippen molar-refractivity contribution < 1.29 is 28.8 Å². The predicted molar refractivity (Wildman–Crippen MR) is 166 cm³/mol. The van der Waals surface area contributed by atoms with Crippen LogP contribution in [0.2, 0.25) is 0 Å². The van der Waals surface area contributed by atoms with Gasteiger partial charge in [-0.2, -0.15) is 0 Å². The van der Waals surface area contributed by atoms with Gasteiger partial charge in [0.15, 0.2) is 5.96 Å². The quantitative estimate of drug-likeness (QED) is 0.0344. The molecule has 0 aromatic heterocycles. The van der Waals surface area contributed by atoms with Crippen molar-refractivity contribution in [2.45, 2.75) is 63.7 Å². The molecule has 0 saturated carbocycles. The average molecular weight is 643 g/mol. The molecule has 0 aliphatic carbocycles. The van der Waals surface area contributed by atoms with E-state index in [-0.39, 0.29) is 25.3 Å². The molecular weight excluding hydrogens is 600 g/mol. The van der Waals surface area contributed by atoms with Gasteiger partial charge in [-0.1, -0.05) is 49.3 Å². The Kier molecular flexibility index (Phi) is 14.8. The summed E-state index contributed by atoms with van der Waals surface area (Å²) in [6, 6.07) is 3.95. The summed E-state index contributed by atoms with van der Waals surface area (Å²) in [6.07, 6.45) is -0.130. The van der Waals surface area contributed by atoms with Crippen LogP contribution in [0.1, 0.15) is 38.7 Å². The van der Waals surface area contributed by atoms with Crippen LogP contribution in [0.25, 0.3) is 10.4 Å². The van der Waals surface area contributed by atoms with Gasteiger partial charge in [-0.15, -0.1) is 0 Å². The van der Waals surface area contributed by atoms with Crippen molar-refractivity contribution in [2.75, 3.05) is 26.8 Å². The lowest BCUT2D eigenvalue weighted by Crippen LogP contribution is -2.59. The van der Waals surface area contributed by atoms with E-state index >= 15 is 0 Å². The maximum absolute atomic E-state index is 14.0. The summed E-state index contributed by atoms with van der Waals surface area (Å²) in [4.78, 5) is 83.5. The third-order valence-electron chi connectivity index (χ3n) is 7.05. The number of nitrogens with zero attached hydrogens (tertiary/aromatic N) is 4. The minimum absolute atomic E-state index is 0.0255. The second kappa shape index (κ2) is 18.4. The predicted octanol–water partition coefficient (Wildman–Crippen LogP) is -1.67. The first kappa shape index (κ1) is 36.8. The first-order valence-corrected chi connectivity index (χ1v) is 14.7. The highest BCUT2D eigenvalue weighted by Gasteiger charge is 2.37. The zero-order valence-corrected chi connectivity index (χ0v) is 26.0. The molecule has 1 aliphatic heterocycles. The molecule has 1 heterocycles. The molecule has 250 valence electrons. The molecular formula is C28H42N12O6. The van der Waals surface area contributed by atoms with Gasteiger partial charge in [-0.3, -0.25) is 34.2 Å². The number of hydrogen-bond donors (Lipinski definition) is 8. The van der Waals surface area contributed by atoms with E-state index < -0.39 is 85.2 Å². The number of nitrogens with one attached hydrogen (secondary N) is 7. The van der Waals surface area contributed by atoms with E-state index in [1.807, 2.05) is 0 Å². The van der Waals surface area contributed by atoms with Crippen LogP contribution >= 0.6 is 0 Å². The average Bonchev–Trinajstić information content (AvgIpc) is 3.00. The summed E-state index contributed by atoms with van der Waals surface area (Å²) in [6.45, 7) is 2.70. The van der Waals surface area contributed by atoms with Crippen LogP contribution in [0.15, 0.2) is 35.4 Å². The highest BCUT2D eigenvalue weighted by molar-refractivity contribution is 5.98. The monoisotopic (exact) mass is 642 g/mol. The molecule has 0 spiro atoms. The Morgan fingerprint density at radius 1 is 1.04 bits per heavy atom. The number of carbonyl (C=O) groups is 6. The number of azide groups is 1. The molecule has 18 heteroatoms. The highest BCUT2D eigenvalue weighted by atomic mass is 16.2. The lowest BCUT2D eigenvalue weighted by Gasteiger charge is -2.34. The van der Waals surface area contributed by atoms with Crippen molar-refractivity contribution in [2.24, 2.45) is 16.8 Å². The second-order valence-electron chi connectivity index (χ2n) is 11.0. The standard InChI is InChI=1S/C28H42N12O6/c1-16(2)23-26(45)37-18(10-7-11-32-28(29)30)24(43)33-14-22(42)36-19(13-21(41)34-15-35-39-31)25(44)38-20(27(46)40(23)3)12-17-8-5-4-6-9-17/h4-6,8-9,16,18-20,23H,7,10-15H2,1-3H3,(H,33,43)(H,34,41)(H,36,42)(H,37,45)(H,38,44)(H4,29,30,32)/t18?,19?,20-,23-/m0/s1. The van der Waals surface area contributed by atoms with Gasteiger partial charge in [0.25, 0.3) is 0 Å². The summed E-state index contributed by atoms with van der Waals surface area (Å²) in [5, 5.41) is 25.6. The van der Waals surface area contributed by atoms with Crippen LogP contribution in [0.4, 0.5) is 0 Å². The molecule has 0 radical (unpaired) electrons. The summed E-state index contributed by atoms with van der Waals surface area (Å²) in [7, 11) is 1.42. The number of carbonyl (C=O) groups excluding carboxylic acids is 6. The fourth-order valence-electron chi connectivity index (χ4n) is 4.84. The number of amides is 6. The SMILES string of the molecule is CC(C)[C@H]1C(=O)NC(CCCNC(=N)N)C(=O)NCC(=O)NC(CC(=O)NCN=[N+]=[N-])C(=O)N[C@@H](Cc2ccccc2)C(=O)N1C. The number of benzene rings is 1. The minimum atomic E-state index is -1.48. The molecule has 1 aromatic rings. The van der Waals surface area contributed by atoms with E-state index in [9.17, 15) is 28.8 Å². The van der Waals surface area contributed by atoms with Gasteiger partial charge in [0.05, 0.1) is 19.6 Å². The Morgan fingerprint density at radius 2 is 1.72 bits per heavy atom. The Hall–Kier alpha value is -5.38. The van der Waals surface area contributed by atoms with E-state index in [2.05, 4.69) is 41.9 Å².